The van der Waals surface area contributed by atoms with Gasteiger partial charge in [-0.2, -0.15) is 0 Å². The summed E-state index contributed by atoms with van der Waals surface area (Å²) in [7, 11) is 4.94. The number of carbonyl (C=O) groups is 1. The van der Waals surface area contributed by atoms with Gasteiger partial charge < -0.3 is 9.88 Å². The monoisotopic (exact) mass is 346 g/mol. The molecule has 0 bridgehead atoms. The third-order valence-electron chi connectivity index (χ3n) is 5.50. The van der Waals surface area contributed by atoms with Crippen molar-refractivity contribution in [2.24, 2.45) is 21.1 Å². The lowest BCUT2D eigenvalue weighted by atomic mass is 9.95. The van der Waals surface area contributed by atoms with Crippen molar-refractivity contribution in [3.8, 4) is 0 Å². The number of carbonyl (C=O) groups excluding carboxylic acids is 1. The summed E-state index contributed by atoms with van der Waals surface area (Å²) in [6.45, 7) is 1.88. The van der Waals surface area contributed by atoms with E-state index < -0.39 is 0 Å². The number of nitrogens with zero attached hydrogens (tertiary/aromatic N) is 3. The van der Waals surface area contributed by atoms with E-state index in [0.29, 0.717) is 16.6 Å². The van der Waals surface area contributed by atoms with Gasteiger partial charge in [0.15, 0.2) is 0 Å². The van der Waals surface area contributed by atoms with Gasteiger partial charge in [-0.1, -0.05) is 19.3 Å². The van der Waals surface area contributed by atoms with E-state index in [9.17, 15) is 14.4 Å². The highest BCUT2D eigenvalue weighted by atomic mass is 16.2. The van der Waals surface area contributed by atoms with Crippen LogP contribution in [0.2, 0.25) is 0 Å². The fourth-order valence-electron chi connectivity index (χ4n) is 3.93. The average Bonchev–Trinajstić information content (AvgIpc) is 2.84. The van der Waals surface area contributed by atoms with Crippen LogP contribution in [0.25, 0.3) is 11.0 Å². The number of amides is 1. The first-order valence-electron chi connectivity index (χ1n) is 8.86. The average molecular weight is 346 g/mol. The van der Waals surface area contributed by atoms with Crippen LogP contribution in [0.15, 0.2) is 9.59 Å². The lowest BCUT2D eigenvalue weighted by molar-refractivity contribution is -0.121. The van der Waals surface area contributed by atoms with Crippen LogP contribution in [0.4, 0.5) is 0 Å². The van der Waals surface area contributed by atoms with Crippen molar-refractivity contribution < 1.29 is 4.79 Å². The summed E-state index contributed by atoms with van der Waals surface area (Å²) >= 11 is 0. The largest absolute Gasteiger partial charge is 0.353 e. The Kier molecular flexibility index (Phi) is 4.58. The van der Waals surface area contributed by atoms with Crippen LogP contribution in [0, 0.1) is 6.92 Å². The van der Waals surface area contributed by atoms with Crippen LogP contribution >= 0.6 is 0 Å². The lowest BCUT2D eigenvalue weighted by Crippen LogP contribution is -2.38. The van der Waals surface area contributed by atoms with E-state index in [1.54, 1.807) is 7.05 Å². The zero-order chi connectivity index (χ0) is 18.3. The quantitative estimate of drug-likeness (QED) is 0.896. The van der Waals surface area contributed by atoms with E-state index >= 15 is 0 Å². The zero-order valence-electron chi connectivity index (χ0n) is 15.4. The molecule has 1 N–H and O–H groups in total. The fraction of sp³-hybridized carbons (Fsp3) is 0.611. The molecular formula is C18H26N4O3. The highest BCUT2D eigenvalue weighted by molar-refractivity contribution is 5.88. The van der Waals surface area contributed by atoms with E-state index in [1.165, 1.54) is 18.0 Å². The molecule has 0 aliphatic heterocycles. The van der Waals surface area contributed by atoms with Gasteiger partial charge in [0.2, 0.25) is 5.91 Å². The predicted octanol–water partition coefficient (Wildman–Crippen LogP) is 0.876. The smallest absolute Gasteiger partial charge is 0.332 e. The van der Waals surface area contributed by atoms with E-state index in [1.807, 2.05) is 18.5 Å². The minimum absolute atomic E-state index is 0.0570. The van der Waals surface area contributed by atoms with Crippen molar-refractivity contribution in [3.05, 3.63) is 32.1 Å². The van der Waals surface area contributed by atoms with E-state index in [-0.39, 0.29) is 29.6 Å². The van der Waals surface area contributed by atoms with Crippen LogP contribution in [0.3, 0.4) is 0 Å². The topological polar surface area (TPSA) is 78.0 Å². The van der Waals surface area contributed by atoms with Gasteiger partial charge in [0.1, 0.15) is 5.65 Å². The number of hydrogen-bond acceptors (Lipinski definition) is 3. The second-order valence-corrected chi connectivity index (χ2v) is 7.11. The van der Waals surface area contributed by atoms with Crippen LogP contribution in [-0.4, -0.2) is 25.7 Å². The predicted molar refractivity (Wildman–Crippen MR) is 96.9 cm³/mol. The molecule has 1 amide bonds. The molecule has 0 saturated heterocycles. The summed E-state index contributed by atoms with van der Waals surface area (Å²) in [5.74, 6) is -0.0570. The maximum atomic E-state index is 12.7. The Balaban J connectivity index is 2.02. The maximum Gasteiger partial charge on any atom is 0.332 e. The molecule has 1 aliphatic carbocycles. The van der Waals surface area contributed by atoms with Crippen molar-refractivity contribution in [2.45, 2.75) is 51.5 Å². The molecule has 2 heterocycles. The van der Waals surface area contributed by atoms with Gasteiger partial charge in [-0.25, -0.2) is 4.79 Å². The Bertz CT molecular complexity index is 942. The molecule has 0 spiro atoms. The first-order chi connectivity index (χ1) is 11.8. The summed E-state index contributed by atoms with van der Waals surface area (Å²) < 4.78 is 4.39. The molecule has 1 aliphatic rings. The third-order valence-corrected chi connectivity index (χ3v) is 5.50. The van der Waals surface area contributed by atoms with Crippen molar-refractivity contribution in [1.82, 2.24) is 19.0 Å². The summed E-state index contributed by atoms with van der Waals surface area (Å²) in [6.07, 6.45) is 5.75. The molecule has 1 fully saturated rings. The van der Waals surface area contributed by atoms with Gasteiger partial charge in [0.25, 0.3) is 5.56 Å². The molecule has 1 saturated carbocycles. The number of fused-ring (bicyclic) bond motifs is 1. The molecule has 2 aromatic heterocycles. The second kappa shape index (κ2) is 6.54. The molecule has 3 rings (SSSR count). The van der Waals surface area contributed by atoms with Crippen molar-refractivity contribution in [2.75, 3.05) is 0 Å². The van der Waals surface area contributed by atoms with Gasteiger partial charge in [0.05, 0.1) is 11.8 Å². The molecule has 0 radical (unpaired) electrons. The molecule has 0 aromatic carbocycles. The third kappa shape index (κ3) is 2.92. The summed E-state index contributed by atoms with van der Waals surface area (Å²) in [5, 5.41) is 3.56. The molecule has 7 nitrogen and oxygen atoms in total. The van der Waals surface area contributed by atoms with E-state index in [2.05, 4.69) is 5.32 Å². The Morgan fingerprint density at radius 1 is 1.04 bits per heavy atom. The molecule has 0 unspecified atom stereocenters. The Morgan fingerprint density at radius 3 is 2.32 bits per heavy atom. The molecular weight excluding hydrogens is 320 g/mol. The number of aromatic nitrogens is 3. The van der Waals surface area contributed by atoms with Crippen LogP contribution in [0.1, 0.15) is 43.4 Å². The zero-order valence-corrected chi connectivity index (χ0v) is 15.4. The Morgan fingerprint density at radius 2 is 1.68 bits per heavy atom. The highest BCUT2D eigenvalue weighted by Crippen LogP contribution is 2.22. The molecule has 0 atom stereocenters. The lowest BCUT2D eigenvalue weighted by Gasteiger charge is -2.22. The van der Waals surface area contributed by atoms with Crippen molar-refractivity contribution in [3.63, 3.8) is 0 Å². The van der Waals surface area contributed by atoms with E-state index in [0.717, 1.165) is 35.9 Å². The van der Waals surface area contributed by atoms with Gasteiger partial charge in [-0.3, -0.25) is 18.7 Å². The van der Waals surface area contributed by atoms with Crippen LogP contribution in [0.5, 0.6) is 0 Å². The normalized spacial score (nSPS) is 15.7. The highest BCUT2D eigenvalue weighted by Gasteiger charge is 2.23. The number of nitrogens with one attached hydrogen (secondary N) is 1. The minimum Gasteiger partial charge on any atom is -0.353 e. The number of rotatable bonds is 3. The summed E-state index contributed by atoms with van der Waals surface area (Å²) in [4.78, 5) is 37.4. The fourth-order valence-corrected chi connectivity index (χ4v) is 3.93. The van der Waals surface area contributed by atoms with E-state index in [4.69, 9.17) is 0 Å². The SMILES string of the molecule is Cc1c(CC(=O)NC2CCCCC2)c2c(=O)n(C)c(=O)n(C)c2n1C. The molecule has 25 heavy (non-hydrogen) atoms. The maximum absolute atomic E-state index is 12.7. The Labute approximate surface area is 146 Å². The summed E-state index contributed by atoms with van der Waals surface area (Å²) in [5.41, 5.74) is 1.40. The minimum atomic E-state index is -0.365. The first-order valence-corrected chi connectivity index (χ1v) is 8.86. The van der Waals surface area contributed by atoms with Crippen LogP contribution < -0.4 is 16.6 Å². The van der Waals surface area contributed by atoms with Gasteiger partial charge in [0, 0.05) is 32.9 Å². The van der Waals surface area contributed by atoms with Gasteiger partial charge in [-0.05, 0) is 25.3 Å². The molecule has 7 heteroatoms. The number of aryl methyl sites for hydroxylation is 2. The van der Waals surface area contributed by atoms with Crippen molar-refractivity contribution >= 4 is 16.9 Å². The molecule has 136 valence electrons. The van der Waals surface area contributed by atoms with Crippen molar-refractivity contribution in [1.29, 1.82) is 0 Å². The molecule has 2 aromatic rings. The Hall–Kier alpha value is -2.31. The summed E-state index contributed by atoms with van der Waals surface area (Å²) in [6, 6.07) is 0.240. The standard InChI is InChI=1S/C18H26N4O3/c1-11-13(10-14(23)19-12-8-6-5-7-9-12)15-16(20(11)2)21(3)18(25)22(4)17(15)24/h12H,5-10H2,1-4H3,(H,19,23). The van der Waals surface area contributed by atoms with Gasteiger partial charge >= 0.3 is 5.69 Å². The van der Waals surface area contributed by atoms with Crippen LogP contribution in [-0.2, 0) is 32.4 Å². The number of hydrogen-bond donors (Lipinski definition) is 1. The first kappa shape index (κ1) is 17.5. The second-order valence-electron chi connectivity index (χ2n) is 7.11. The van der Waals surface area contributed by atoms with Gasteiger partial charge in [-0.15, -0.1) is 0 Å².